The van der Waals surface area contributed by atoms with Crippen molar-refractivity contribution in [1.29, 1.82) is 5.26 Å². The van der Waals surface area contributed by atoms with Crippen molar-refractivity contribution < 1.29 is 9.53 Å². The minimum absolute atomic E-state index is 0.160. The summed E-state index contributed by atoms with van der Waals surface area (Å²) in [6, 6.07) is 18.1. The highest BCUT2D eigenvalue weighted by molar-refractivity contribution is 5.69. The first-order valence-electron chi connectivity index (χ1n) is 9.44. The zero-order valence-corrected chi connectivity index (χ0v) is 16.0. The Kier molecular flexibility index (Phi) is 6.59. The highest BCUT2D eigenvalue weighted by atomic mass is 16.5. The van der Waals surface area contributed by atoms with Gasteiger partial charge in [0.2, 0.25) is 0 Å². The molecule has 1 aromatic heterocycles. The number of ether oxygens (including phenoxy) is 1. The van der Waals surface area contributed by atoms with Crippen molar-refractivity contribution in [2.75, 3.05) is 6.61 Å². The van der Waals surface area contributed by atoms with E-state index in [4.69, 9.17) is 4.74 Å². The molecule has 3 rings (SSSR count). The van der Waals surface area contributed by atoms with Crippen molar-refractivity contribution in [3.63, 3.8) is 0 Å². The third-order valence-electron chi connectivity index (χ3n) is 4.58. The van der Waals surface area contributed by atoms with Crippen LogP contribution < -0.4 is 0 Å². The Morgan fingerprint density at radius 1 is 1.21 bits per heavy atom. The SMILES string of the molecule is CCOC(=O)CCCc1cncn1Cc1ccc(C#N)cc1-c1ccccc1. The third-order valence-corrected chi connectivity index (χ3v) is 4.58. The van der Waals surface area contributed by atoms with Crippen molar-refractivity contribution in [2.45, 2.75) is 32.7 Å². The number of aromatic nitrogens is 2. The zero-order valence-electron chi connectivity index (χ0n) is 16.0. The number of nitriles is 1. The Bertz CT molecular complexity index is 971. The van der Waals surface area contributed by atoms with Gasteiger partial charge in [-0.2, -0.15) is 5.26 Å². The summed E-state index contributed by atoms with van der Waals surface area (Å²) in [7, 11) is 0. The molecule has 2 aromatic carbocycles. The first kappa shape index (κ1) is 19.4. The van der Waals surface area contributed by atoms with Crippen LogP contribution in [-0.4, -0.2) is 22.1 Å². The lowest BCUT2D eigenvalue weighted by Crippen LogP contribution is -2.07. The zero-order chi connectivity index (χ0) is 19.8. The van der Waals surface area contributed by atoms with Gasteiger partial charge in [-0.05, 0) is 48.6 Å². The van der Waals surface area contributed by atoms with Crippen LogP contribution in [0.3, 0.4) is 0 Å². The van der Waals surface area contributed by atoms with Gasteiger partial charge in [0.1, 0.15) is 0 Å². The van der Waals surface area contributed by atoms with E-state index in [9.17, 15) is 10.1 Å². The summed E-state index contributed by atoms with van der Waals surface area (Å²) >= 11 is 0. The summed E-state index contributed by atoms with van der Waals surface area (Å²) in [6.07, 6.45) is 5.55. The summed E-state index contributed by atoms with van der Waals surface area (Å²) in [4.78, 5) is 15.8. The van der Waals surface area contributed by atoms with Crippen LogP contribution in [0, 0.1) is 11.3 Å². The molecule has 0 unspecified atom stereocenters. The number of imidazole rings is 1. The molecule has 0 aliphatic carbocycles. The number of rotatable bonds is 8. The van der Waals surface area contributed by atoms with E-state index in [2.05, 4.69) is 15.6 Å². The summed E-state index contributed by atoms with van der Waals surface area (Å²) in [6.45, 7) is 2.89. The van der Waals surface area contributed by atoms with Crippen LogP contribution in [0.25, 0.3) is 11.1 Å². The van der Waals surface area contributed by atoms with Gasteiger partial charge in [0.05, 0.1) is 24.6 Å². The monoisotopic (exact) mass is 373 g/mol. The number of nitrogens with zero attached hydrogens (tertiary/aromatic N) is 3. The number of hydrogen-bond donors (Lipinski definition) is 0. The van der Waals surface area contributed by atoms with Crippen molar-refractivity contribution >= 4 is 5.97 Å². The van der Waals surface area contributed by atoms with Crippen molar-refractivity contribution in [3.05, 3.63) is 77.9 Å². The number of esters is 1. The van der Waals surface area contributed by atoms with Crippen LogP contribution in [0.2, 0.25) is 0 Å². The number of carbonyl (C=O) groups excluding carboxylic acids is 1. The molecule has 0 radical (unpaired) electrons. The average Bonchev–Trinajstić information content (AvgIpc) is 3.16. The number of carbonyl (C=O) groups is 1. The molecule has 0 saturated heterocycles. The first-order valence-corrected chi connectivity index (χ1v) is 9.44. The summed E-state index contributed by atoms with van der Waals surface area (Å²) in [5.74, 6) is -0.160. The second-order valence-electron chi connectivity index (χ2n) is 6.52. The Hall–Kier alpha value is -3.39. The second kappa shape index (κ2) is 9.52. The predicted molar refractivity (Wildman–Crippen MR) is 107 cm³/mol. The first-order chi connectivity index (χ1) is 13.7. The van der Waals surface area contributed by atoms with Crippen LogP contribution in [-0.2, 0) is 22.5 Å². The number of aryl methyl sites for hydroxylation is 1. The lowest BCUT2D eigenvalue weighted by atomic mass is 9.97. The normalized spacial score (nSPS) is 10.4. The quantitative estimate of drug-likeness (QED) is 0.550. The van der Waals surface area contributed by atoms with E-state index < -0.39 is 0 Å². The molecule has 3 aromatic rings. The summed E-state index contributed by atoms with van der Waals surface area (Å²) < 4.78 is 7.08. The average molecular weight is 373 g/mol. The fourth-order valence-corrected chi connectivity index (χ4v) is 3.20. The van der Waals surface area contributed by atoms with Crippen LogP contribution in [0.1, 0.15) is 36.6 Å². The van der Waals surface area contributed by atoms with E-state index in [0.717, 1.165) is 35.2 Å². The van der Waals surface area contributed by atoms with E-state index in [1.54, 1.807) is 0 Å². The molecule has 5 nitrogen and oxygen atoms in total. The van der Waals surface area contributed by atoms with Gasteiger partial charge in [0.25, 0.3) is 0 Å². The van der Waals surface area contributed by atoms with E-state index in [-0.39, 0.29) is 5.97 Å². The minimum atomic E-state index is -0.160. The molecule has 0 fully saturated rings. The van der Waals surface area contributed by atoms with Crippen LogP contribution in [0.15, 0.2) is 61.1 Å². The maximum Gasteiger partial charge on any atom is 0.305 e. The van der Waals surface area contributed by atoms with Crippen LogP contribution in [0.4, 0.5) is 0 Å². The summed E-state index contributed by atoms with van der Waals surface area (Å²) in [5.41, 5.74) is 4.97. The molecule has 0 atom stereocenters. The standard InChI is InChI=1S/C23H23N3O2/c1-2-28-23(27)10-6-9-21-15-25-17-26(21)16-20-12-11-18(14-24)13-22(20)19-7-4-3-5-8-19/h3-5,7-8,11-13,15,17H,2,6,9-10,16H2,1H3. The molecular formula is C23H23N3O2. The van der Waals surface area contributed by atoms with E-state index in [0.29, 0.717) is 25.1 Å². The molecule has 0 spiro atoms. The molecule has 0 N–H and O–H groups in total. The second-order valence-corrected chi connectivity index (χ2v) is 6.52. The van der Waals surface area contributed by atoms with Gasteiger partial charge < -0.3 is 9.30 Å². The van der Waals surface area contributed by atoms with E-state index in [1.807, 2.05) is 68.0 Å². The fraction of sp³-hybridized carbons (Fsp3) is 0.261. The molecular weight excluding hydrogens is 350 g/mol. The molecule has 0 aliphatic heterocycles. The predicted octanol–water partition coefficient (Wildman–Crippen LogP) is 4.36. The van der Waals surface area contributed by atoms with Gasteiger partial charge in [-0.1, -0.05) is 36.4 Å². The Labute approximate surface area is 165 Å². The van der Waals surface area contributed by atoms with Gasteiger partial charge in [0, 0.05) is 24.9 Å². The van der Waals surface area contributed by atoms with Crippen molar-refractivity contribution in [2.24, 2.45) is 0 Å². The van der Waals surface area contributed by atoms with Crippen molar-refractivity contribution in [3.8, 4) is 17.2 Å². The highest BCUT2D eigenvalue weighted by Crippen LogP contribution is 2.26. The maximum absolute atomic E-state index is 11.5. The fourth-order valence-electron chi connectivity index (χ4n) is 3.20. The van der Waals surface area contributed by atoms with Gasteiger partial charge in [-0.25, -0.2) is 4.98 Å². The largest absolute Gasteiger partial charge is 0.466 e. The molecule has 0 aliphatic rings. The molecule has 1 heterocycles. The lowest BCUT2D eigenvalue weighted by Gasteiger charge is -2.13. The smallest absolute Gasteiger partial charge is 0.305 e. The van der Waals surface area contributed by atoms with Crippen LogP contribution >= 0.6 is 0 Å². The molecule has 5 heteroatoms. The van der Waals surface area contributed by atoms with Gasteiger partial charge in [-0.15, -0.1) is 0 Å². The van der Waals surface area contributed by atoms with Gasteiger partial charge in [0.15, 0.2) is 0 Å². The van der Waals surface area contributed by atoms with E-state index in [1.165, 1.54) is 0 Å². The summed E-state index contributed by atoms with van der Waals surface area (Å²) in [5, 5.41) is 9.28. The minimum Gasteiger partial charge on any atom is -0.466 e. The van der Waals surface area contributed by atoms with Gasteiger partial charge in [-0.3, -0.25) is 4.79 Å². The van der Waals surface area contributed by atoms with Gasteiger partial charge >= 0.3 is 5.97 Å². The third kappa shape index (κ3) is 4.86. The lowest BCUT2D eigenvalue weighted by molar-refractivity contribution is -0.143. The Balaban J connectivity index is 1.79. The Morgan fingerprint density at radius 3 is 2.79 bits per heavy atom. The molecule has 0 saturated carbocycles. The maximum atomic E-state index is 11.5. The molecule has 28 heavy (non-hydrogen) atoms. The van der Waals surface area contributed by atoms with Crippen molar-refractivity contribution in [1.82, 2.24) is 9.55 Å². The Morgan fingerprint density at radius 2 is 2.04 bits per heavy atom. The molecule has 0 bridgehead atoms. The highest BCUT2D eigenvalue weighted by Gasteiger charge is 2.10. The van der Waals surface area contributed by atoms with E-state index >= 15 is 0 Å². The molecule has 142 valence electrons. The van der Waals surface area contributed by atoms with Crippen LogP contribution in [0.5, 0.6) is 0 Å². The number of benzene rings is 2. The topological polar surface area (TPSA) is 67.9 Å². The molecule has 0 amide bonds. The number of hydrogen-bond acceptors (Lipinski definition) is 4.